The molecule has 0 aromatic heterocycles. The second-order valence-electron chi connectivity index (χ2n) is 7.76. The number of benzene rings is 2. The Kier molecular flexibility index (Phi) is 6.56. The van der Waals surface area contributed by atoms with Crippen molar-refractivity contribution in [3.63, 3.8) is 0 Å². The van der Waals surface area contributed by atoms with Crippen molar-refractivity contribution < 1.29 is 17.5 Å². The van der Waals surface area contributed by atoms with E-state index >= 15 is 0 Å². The Bertz CT molecular complexity index is 1000. The van der Waals surface area contributed by atoms with E-state index < -0.39 is 9.84 Å². The Hall–Kier alpha value is -2.43. The first-order valence-corrected chi connectivity index (χ1v) is 11.5. The smallest absolute Gasteiger partial charge is 0.175 e. The molecule has 1 aliphatic heterocycles. The molecule has 5 nitrogen and oxygen atoms in total. The maximum atomic E-state index is 13.6. The summed E-state index contributed by atoms with van der Waals surface area (Å²) in [5, 5.41) is 8.97. The number of hydrogen-bond acceptors (Lipinski definition) is 5. The zero-order valence-electron chi connectivity index (χ0n) is 16.6. The summed E-state index contributed by atoms with van der Waals surface area (Å²) in [6.45, 7) is 5.40. The number of hydrogen-bond donors (Lipinski definition) is 0. The lowest BCUT2D eigenvalue weighted by Crippen LogP contribution is -2.24. The van der Waals surface area contributed by atoms with E-state index in [4.69, 9.17) is 10.00 Å². The lowest BCUT2D eigenvalue weighted by atomic mass is 9.99. The highest BCUT2D eigenvalue weighted by Gasteiger charge is 2.29. The molecule has 1 heterocycles. The molecule has 29 heavy (non-hydrogen) atoms. The lowest BCUT2D eigenvalue weighted by Gasteiger charge is -2.17. The fourth-order valence-corrected chi connectivity index (χ4v) is 4.31. The molecule has 7 heteroatoms. The van der Waals surface area contributed by atoms with Crippen molar-refractivity contribution in [2.45, 2.75) is 18.2 Å². The Balaban J connectivity index is 1.51. The van der Waals surface area contributed by atoms with Crippen LogP contribution in [0.1, 0.15) is 18.1 Å². The number of rotatable bonds is 7. The van der Waals surface area contributed by atoms with Crippen molar-refractivity contribution in [1.82, 2.24) is 4.90 Å². The van der Waals surface area contributed by atoms with Gasteiger partial charge in [0.1, 0.15) is 11.6 Å². The van der Waals surface area contributed by atoms with Gasteiger partial charge in [-0.25, -0.2) is 12.8 Å². The number of ether oxygens (including phenoxy) is 1. The van der Waals surface area contributed by atoms with Crippen LogP contribution in [0.15, 0.2) is 47.4 Å². The van der Waals surface area contributed by atoms with E-state index in [1.807, 2.05) is 6.07 Å². The predicted octanol–water partition coefficient (Wildman–Crippen LogP) is 3.29. The summed E-state index contributed by atoms with van der Waals surface area (Å²) >= 11 is 0. The largest absolute Gasteiger partial charge is 0.493 e. The van der Waals surface area contributed by atoms with Gasteiger partial charge >= 0.3 is 0 Å². The summed E-state index contributed by atoms with van der Waals surface area (Å²) in [7, 11) is -3.21. The second-order valence-corrected chi connectivity index (χ2v) is 9.78. The summed E-state index contributed by atoms with van der Waals surface area (Å²) in [5.74, 6) is 1.12. The van der Waals surface area contributed by atoms with Crippen molar-refractivity contribution in [3.8, 4) is 11.8 Å². The minimum absolute atomic E-state index is 0.280. The summed E-state index contributed by atoms with van der Waals surface area (Å²) in [4.78, 5) is 2.62. The fraction of sp³-hybridized carbons (Fsp3) is 0.409. The van der Waals surface area contributed by atoms with E-state index in [1.54, 1.807) is 30.3 Å². The fourth-order valence-electron chi connectivity index (χ4n) is 3.67. The van der Waals surface area contributed by atoms with Crippen LogP contribution in [0.5, 0.6) is 5.75 Å². The molecule has 0 unspecified atom stereocenters. The molecule has 154 valence electrons. The summed E-state index contributed by atoms with van der Waals surface area (Å²) in [5.41, 5.74) is 1.18. The average Bonchev–Trinajstić information content (AvgIpc) is 3.03. The molecule has 3 rings (SSSR count). The molecule has 0 bridgehead atoms. The minimum Gasteiger partial charge on any atom is -0.493 e. The van der Waals surface area contributed by atoms with Crippen LogP contribution in [0.2, 0.25) is 0 Å². The van der Waals surface area contributed by atoms with Gasteiger partial charge in [0, 0.05) is 31.8 Å². The third-order valence-corrected chi connectivity index (χ3v) is 6.49. The van der Waals surface area contributed by atoms with Gasteiger partial charge in [-0.1, -0.05) is 6.92 Å². The van der Waals surface area contributed by atoms with Crippen molar-refractivity contribution >= 4 is 9.84 Å². The number of nitrogens with zero attached hydrogens (tertiary/aromatic N) is 2. The number of sulfone groups is 1. The van der Waals surface area contributed by atoms with Crippen LogP contribution < -0.4 is 4.74 Å². The van der Waals surface area contributed by atoms with E-state index in [-0.39, 0.29) is 10.7 Å². The second kappa shape index (κ2) is 8.93. The highest BCUT2D eigenvalue weighted by molar-refractivity contribution is 7.90. The third kappa shape index (κ3) is 5.78. The SMILES string of the molecule is C[C@@H]1CN(CCc2cc(F)cc(C#N)c2)C[C@H]1COc1ccc(S(C)(=O)=O)cc1. The van der Waals surface area contributed by atoms with E-state index in [9.17, 15) is 12.8 Å². The molecule has 0 radical (unpaired) electrons. The topological polar surface area (TPSA) is 70.4 Å². The quantitative estimate of drug-likeness (QED) is 0.693. The van der Waals surface area contributed by atoms with E-state index in [0.29, 0.717) is 36.2 Å². The van der Waals surface area contributed by atoms with Crippen LogP contribution in [0.3, 0.4) is 0 Å². The van der Waals surface area contributed by atoms with Crippen LogP contribution in [-0.2, 0) is 16.3 Å². The van der Waals surface area contributed by atoms with Crippen molar-refractivity contribution in [2.24, 2.45) is 11.8 Å². The van der Waals surface area contributed by atoms with Crippen LogP contribution in [-0.4, -0.2) is 45.8 Å². The molecule has 0 spiro atoms. The Morgan fingerprint density at radius 2 is 1.93 bits per heavy atom. The normalized spacial score (nSPS) is 19.8. The molecule has 0 aliphatic carbocycles. The van der Waals surface area contributed by atoms with Gasteiger partial charge < -0.3 is 9.64 Å². The standard InChI is InChI=1S/C22H25FN2O3S/c1-16-13-25(8-7-17-9-18(12-24)11-20(23)10-17)14-19(16)15-28-21-3-5-22(6-4-21)29(2,26)27/h3-6,9-11,16,19H,7-8,13-15H2,1-2H3/t16-,19+/m1/s1. The van der Waals surface area contributed by atoms with Crippen LogP contribution >= 0.6 is 0 Å². The monoisotopic (exact) mass is 416 g/mol. The van der Waals surface area contributed by atoms with E-state index in [1.165, 1.54) is 18.4 Å². The molecule has 2 atom stereocenters. The lowest BCUT2D eigenvalue weighted by molar-refractivity contribution is 0.225. The molecule has 0 amide bonds. The summed E-state index contributed by atoms with van der Waals surface area (Å²) in [6.07, 6.45) is 1.88. The number of nitriles is 1. The zero-order valence-corrected chi connectivity index (χ0v) is 17.5. The number of likely N-dealkylation sites (tertiary alicyclic amines) is 1. The zero-order chi connectivity index (χ0) is 21.0. The van der Waals surface area contributed by atoms with Gasteiger partial charge in [0.05, 0.1) is 23.1 Å². The molecule has 1 aliphatic rings. The molecule has 0 saturated carbocycles. The maximum absolute atomic E-state index is 13.6. The summed E-state index contributed by atoms with van der Waals surface area (Å²) in [6, 6.07) is 13.0. The van der Waals surface area contributed by atoms with Gasteiger partial charge in [-0.3, -0.25) is 0 Å². The Morgan fingerprint density at radius 3 is 2.59 bits per heavy atom. The van der Waals surface area contributed by atoms with Gasteiger partial charge in [0.2, 0.25) is 0 Å². The Labute approximate surface area is 171 Å². The molecular weight excluding hydrogens is 391 g/mol. The molecule has 2 aromatic rings. The van der Waals surface area contributed by atoms with Crippen LogP contribution in [0.4, 0.5) is 4.39 Å². The van der Waals surface area contributed by atoms with Gasteiger partial charge in [-0.2, -0.15) is 5.26 Å². The molecule has 2 aromatic carbocycles. The number of halogens is 1. The third-order valence-electron chi connectivity index (χ3n) is 5.36. The van der Waals surface area contributed by atoms with Crippen LogP contribution in [0.25, 0.3) is 0 Å². The summed E-state index contributed by atoms with van der Waals surface area (Å²) < 4.78 is 42.5. The molecule has 1 saturated heterocycles. The first-order chi connectivity index (χ1) is 13.7. The highest BCUT2D eigenvalue weighted by atomic mass is 32.2. The van der Waals surface area contributed by atoms with Crippen molar-refractivity contribution in [3.05, 3.63) is 59.4 Å². The van der Waals surface area contributed by atoms with Crippen molar-refractivity contribution in [1.29, 1.82) is 5.26 Å². The first kappa shape index (κ1) is 21.3. The highest BCUT2D eigenvalue weighted by Crippen LogP contribution is 2.25. The first-order valence-electron chi connectivity index (χ1n) is 9.59. The van der Waals surface area contributed by atoms with Crippen molar-refractivity contribution in [2.75, 3.05) is 32.5 Å². The Morgan fingerprint density at radius 1 is 1.21 bits per heavy atom. The van der Waals surface area contributed by atoms with Gasteiger partial charge in [-0.15, -0.1) is 0 Å². The van der Waals surface area contributed by atoms with Gasteiger partial charge in [0.15, 0.2) is 9.84 Å². The average molecular weight is 417 g/mol. The van der Waals surface area contributed by atoms with Gasteiger partial charge in [0.25, 0.3) is 0 Å². The maximum Gasteiger partial charge on any atom is 0.175 e. The predicted molar refractivity (Wildman–Crippen MR) is 109 cm³/mol. The minimum atomic E-state index is -3.21. The molecular formula is C22H25FN2O3S. The van der Waals surface area contributed by atoms with E-state index in [0.717, 1.165) is 25.2 Å². The van der Waals surface area contributed by atoms with Gasteiger partial charge in [-0.05, 0) is 60.4 Å². The molecule has 1 fully saturated rings. The molecule has 0 N–H and O–H groups in total. The van der Waals surface area contributed by atoms with E-state index in [2.05, 4.69) is 11.8 Å². The van der Waals surface area contributed by atoms with Crippen LogP contribution in [0, 0.1) is 29.0 Å².